The summed E-state index contributed by atoms with van der Waals surface area (Å²) < 4.78 is 26.8. The molecule has 1 amide bonds. The SMILES string of the molecule is COc1cc(OC)c(OC)cc1/C=C/C(=O)OC(C)C(=O)NC1CCOc2ccccc21. The second-order valence-corrected chi connectivity index (χ2v) is 7.10. The zero-order chi connectivity index (χ0) is 23.1. The lowest BCUT2D eigenvalue weighted by Gasteiger charge is -2.27. The normalized spacial score (nSPS) is 15.8. The average molecular weight is 441 g/mol. The van der Waals surface area contributed by atoms with E-state index in [9.17, 15) is 9.59 Å². The van der Waals surface area contributed by atoms with Gasteiger partial charge in [0.15, 0.2) is 17.6 Å². The summed E-state index contributed by atoms with van der Waals surface area (Å²) in [6.45, 7) is 2.04. The lowest BCUT2D eigenvalue weighted by atomic mass is 10.0. The number of fused-ring (bicyclic) bond motifs is 1. The first kappa shape index (κ1) is 23.0. The summed E-state index contributed by atoms with van der Waals surface area (Å²) in [5.74, 6) is 1.21. The van der Waals surface area contributed by atoms with Gasteiger partial charge in [0.1, 0.15) is 11.5 Å². The van der Waals surface area contributed by atoms with E-state index in [4.69, 9.17) is 23.7 Å². The minimum Gasteiger partial charge on any atom is -0.496 e. The number of rotatable bonds is 8. The van der Waals surface area contributed by atoms with Gasteiger partial charge in [-0.15, -0.1) is 0 Å². The van der Waals surface area contributed by atoms with Crippen molar-refractivity contribution in [2.24, 2.45) is 0 Å². The van der Waals surface area contributed by atoms with Crippen LogP contribution in [0.1, 0.15) is 30.5 Å². The smallest absolute Gasteiger partial charge is 0.331 e. The van der Waals surface area contributed by atoms with Gasteiger partial charge in [-0.25, -0.2) is 4.79 Å². The number of esters is 1. The summed E-state index contributed by atoms with van der Waals surface area (Å²) >= 11 is 0. The first-order valence-corrected chi connectivity index (χ1v) is 10.2. The molecular weight excluding hydrogens is 414 g/mol. The van der Waals surface area contributed by atoms with Gasteiger partial charge in [-0.05, 0) is 25.1 Å². The molecule has 1 N–H and O–H groups in total. The summed E-state index contributed by atoms with van der Waals surface area (Å²) in [5, 5.41) is 2.93. The van der Waals surface area contributed by atoms with E-state index in [0.717, 1.165) is 11.3 Å². The Balaban J connectivity index is 1.63. The molecule has 8 nitrogen and oxygen atoms in total. The Morgan fingerprint density at radius 3 is 2.47 bits per heavy atom. The third kappa shape index (κ3) is 5.32. The predicted octanol–water partition coefficient (Wildman–Crippen LogP) is 3.30. The molecule has 0 saturated heterocycles. The Kier molecular flexibility index (Phi) is 7.59. The van der Waals surface area contributed by atoms with Crippen molar-refractivity contribution in [1.29, 1.82) is 0 Å². The van der Waals surface area contributed by atoms with Gasteiger partial charge in [0.2, 0.25) is 0 Å². The number of benzene rings is 2. The largest absolute Gasteiger partial charge is 0.496 e. The molecule has 2 aromatic carbocycles. The van der Waals surface area contributed by atoms with Crippen molar-refractivity contribution in [3.8, 4) is 23.0 Å². The van der Waals surface area contributed by atoms with E-state index >= 15 is 0 Å². The second kappa shape index (κ2) is 10.6. The van der Waals surface area contributed by atoms with Gasteiger partial charge in [-0.1, -0.05) is 18.2 Å². The fraction of sp³-hybridized carbons (Fsp3) is 0.333. The molecule has 170 valence electrons. The van der Waals surface area contributed by atoms with Crippen LogP contribution in [0.4, 0.5) is 0 Å². The topological polar surface area (TPSA) is 92.3 Å². The van der Waals surface area contributed by atoms with E-state index < -0.39 is 12.1 Å². The number of methoxy groups -OCH3 is 3. The highest BCUT2D eigenvalue weighted by Gasteiger charge is 2.25. The predicted molar refractivity (Wildman–Crippen MR) is 118 cm³/mol. The zero-order valence-electron chi connectivity index (χ0n) is 18.5. The number of hydrogen-bond donors (Lipinski definition) is 1. The van der Waals surface area contributed by atoms with Gasteiger partial charge in [0, 0.05) is 29.7 Å². The second-order valence-electron chi connectivity index (χ2n) is 7.10. The summed E-state index contributed by atoms with van der Waals surface area (Å²) in [4.78, 5) is 24.9. The van der Waals surface area contributed by atoms with Crippen molar-refractivity contribution >= 4 is 18.0 Å². The minimum atomic E-state index is -0.963. The molecule has 0 fully saturated rings. The number of carbonyl (C=O) groups is 2. The first-order valence-electron chi connectivity index (χ1n) is 10.2. The Morgan fingerprint density at radius 1 is 1.06 bits per heavy atom. The van der Waals surface area contributed by atoms with Gasteiger partial charge in [-0.2, -0.15) is 0 Å². The lowest BCUT2D eigenvalue weighted by molar-refractivity contribution is -0.150. The Hall–Kier alpha value is -3.68. The Bertz CT molecular complexity index is 1000. The van der Waals surface area contributed by atoms with Gasteiger partial charge >= 0.3 is 5.97 Å². The van der Waals surface area contributed by atoms with Crippen molar-refractivity contribution < 1.29 is 33.3 Å². The molecule has 2 unspecified atom stereocenters. The molecule has 0 radical (unpaired) electrons. The van der Waals surface area contributed by atoms with E-state index in [2.05, 4.69) is 5.32 Å². The number of hydrogen-bond acceptors (Lipinski definition) is 7. The van der Waals surface area contributed by atoms with Crippen LogP contribution >= 0.6 is 0 Å². The first-order chi connectivity index (χ1) is 15.5. The van der Waals surface area contributed by atoms with Crippen molar-refractivity contribution in [1.82, 2.24) is 5.32 Å². The standard InChI is InChI=1S/C24H27NO7/c1-15(24(27)25-18-11-12-31-19-8-6-5-7-17(18)19)32-23(26)10-9-16-13-21(29-3)22(30-4)14-20(16)28-2/h5-10,13-15,18H,11-12H2,1-4H3,(H,25,27)/b10-9+. The van der Waals surface area contributed by atoms with Crippen LogP contribution in [-0.2, 0) is 14.3 Å². The van der Waals surface area contributed by atoms with Gasteiger partial charge < -0.3 is 29.0 Å². The van der Waals surface area contributed by atoms with E-state index in [1.165, 1.54) is 40.4 Å². The molecule has 1 heterocycles. The number of carbonyl (C=O) groups excluding carboxylic acids is 2. The molecule has 1 aliphatic rings. The van der Waals surface area contributed by atoms with Gasteiger partial charge in [0.05, 0.1) is 34.0 Å². The number of ether oxygens (including phenoxy) is 5. The van der Waals surface area contributed by atoms with Crippen molar-refractivity contribution in [2.45, 2.75) is 25.5 Å². The Labute approximate surface area is 187 Å². The van der Waals surface area contributed by atoms with E-state index in [1.807, 2.05) is 24.3 Å². The molecule has 1 aliphatic heterocycles. The van der Waals surface area contributed by atoms with E-state index in [-0.39, 0.29) is 11.9 Å². The fourth-order valence-electron chi connectivity index (χ4n) is 3.39. The molecule has 3 rings (SSSR count). The molecule has 2 atom stereocenters. The van der Waals surface area contributed by atoms with Crippen LogP contribution in [0.5, 0.6) is 23.0 Å². The Morgan fingerprint density at radius 2 is 1.75 bits per heavy atom. The number of nitrogens with one attached hydrogen (secondary N) is 1. The van der Waals surface area contributed by atoms with Crippen LogP contribution < -0.4 is 24.3 Å². The van der Waals surface area contributed by atoms with Crippen molar-refractivity contribution in [3.63, 3.8) is 0 Å². The lowest BCUT2D eigenvalue weighted by Crippen LogP contribution is -2.39. The summed E-state index contributed by atoms with van der Waals surface area (Å²) in [6.07, 6.45) is 2.44. The number of para-hydroxylation sites is 1. The highest BCUT2D eigenvalue weighted by atomic mass is 16.5. The molecular formula is C24H27NO7. The van der Waals surface area contributed by atoms with Crippen LogP contribution in [0.25, 0.3) is 6.08 Å². The highest BCUT2D eigenvalue weighted by Crippen LogP contribution is 2.35. The minimum absolute atomic E-state index is 0.194. The molecule has 8 heteroatoms. The summed E-state index contributed by atoms with van der Waals surface area (Å²) in [7, 11) is 4.55. The summed E-state index contributed by atoms with van der Waals surface area (Å²) in [6, 6.07) is 10.7. The number of amides is 1. The average Bonchev–Trinajstić information content (AvgIpc) is 2.82. The van der Waals surface area contributed by atoms with Crippen molar-refractivity contribution in [3.05, 3.63) is 53.6 Å². The van der Waals surface area contributed by atoms with Gasteiger partial charge in [-0.3, -0.25) is 4.79 Å². The van der Waals surface area contributed by atoms with Crippen LogP contribution in [0.2, 0.25) is 0 Å². The molecule has 0 bridgehead atoms. The summed E-state index contributed by atoms with van der Waals surface area (Å²) in [5.41, 5.74) is 1.50. The molecule has 2 aromatic rings. The molecule has 0 aromatic heterocycles. The maximum absolute atomic E-state index is 12.6. The maximum Gasteiger partial charge on any atom is 0.331 e. The fourth-order valence-corrected chi connectivity index (χ4v) is 3.39. The maximum atomic E-state index is 12.6. The highest BCUT2D eigenvalue weighted by molar-refractivity contribution is 5.91. The third-order valence-electron chi connectivity index (χ3n) is 5.07. The van der Waals surface area contributed by atoms with E-state index in [1.54, 1.807) is 12.1 Å². The monoisotopic (exact) mass is 441 g/mol. The molecule has 0 saturated carbocycles. The van der Waals surface area contributed by atoms with Crippen LogP contribution in [0, 0.1) is 0 Å². The molecule has 32 heavy (non-hydrogen) atoms. The quantitative estimate of drug-likeness (QED) is 0.496. The van der Waals surface area contributed by atoms with E-state index in [0.29, 0.717) is 35.8 Å². The molecule has 0 spiro atoms. The van der Waals surface area contributed by atoms with Crippen LogP contribution in [0.15, 0.2) is 42.5 Å². The molecule has 0 aliphatic carbocycles. The third-order valence-corrected chi connectivity index (χ3v) is 5.07. The zero-order valence-corrected chi connectivity index (χ0v) is 18.5. The van der Waals surface area contributed by atoms with Gasteiger partial charge in [0.25, 0.3) is 5.91 Å². The van der Waals surface area contributed by atoms with Crippen molar-refractivity contribution in [2.75, 3.05) is 27.9 Å². The van der Waals surface area contributed by atoms with Crippen LogP contribution in [0.3, 0.4) is 0 Å². The van der Waals surface area contributed by atoms with Crippen LogP contribution in [-0.4, -0.2) is 45.9 Å².